The van der Waals surface area contributed by atoms with Crippen molar-refractivity contribution in [3.63, 3.8) is 0 Å². The summed E-state index contributed by atoms with van der Waals surface area (Å²) in [7, 11) is 0. The van der Waals surface area contributed by atoms with Gasteiger partial charge in [-0.05, 0) is 29.0 Å². The van der Waals surface area contributed by atoms with Gasteiger partial charge in [0.1, 0.15) is 0 Å². The monoisotopic (exact) mass is 362 g/mol. The normalized spacial score (nSPS) is 31.9. The van der Waals surface area contributed by atoms with Gasteiger partial charge in [-0.25, -0.2) is 4.68 Å². The molecular weight excluding hydrogens is 347 g/mol. The lowest BCUT2D eigenvalue weighted by molar-refractivity contribution is -0.0968. The zero-order chi connectivity index (χ0) is 12.6. The Balaban J connectivity index is 1.85. The fourth-order valence-electron chi connectivity index (χ4n) is 2.74. The summed E-state index contributed by atoms with van der Waals surface area (Å²) in [6.07, 6.45) is 4.31. The van der Waals surface area contributed by atoms with E-state index in [0.29, 0.717) is 13.2 Å². The summed E-state index contributed by atoms with van der Waals surface area (Å²) in [5, 5.41) is 4.26. The number of nitrogens with zero attached hydrogens (tertiary/aromatic N) is 2. The van der Waals surface area contributed by atoms with Crippen LogP contribution in [0, 0.1) is 3.57 Å². The van der Waals surface area contributed by atoms with Crippen LogP contribution in [0.4, 0.5) is 0 Å². The van der Waals surface area contributed by atoms with Crippen LogP contribution in [0.15, 0.2) is 17.1 Å². The van der Waals surface area contributed by atoms with Crippen LogP contribution in [0.2, 0.25) is 0 Å². The molecule has 0 amide bonds. The van der Waals surface area contributed by atoms with Gasteiger partial charge in [-0.1, -0.05) is 0 Å². The van der Waals surface area contributed by atoms with E-state index in [0.717, 1.165) is 29.4 Å². The summed E-state index contributed by atoms with van der Waals surface area (Å²) in [5.41, 5.74) is -0.213. The molecule has 3 rings (SSSR count). The maximum atomic E-state index is 12.0. The minimum atomic E-state index is -0.187. The first kappa shape index (κ1) is 12.6. The van der Waals surface area contributed by atoms with Gasteiger partial charge in [-0.2, -0.15) is 5.10 Å². The van der Waals surface area contributed by atoms with Crippen LogP contribution in [0.5, 0.6) is 0 Å². The fourth-order valence-corrected chi connectivity index (χ4v) is 3.13. The average Bonchev–Trinajstić information content (AvgIpc) is 2.77. The minimum absolute atomic E-state index is 0.0251. The SMILES string of the molecule is O=c1cc(I)cnn1C1CCOC2(CCOC2)C1. The van der Waals surface area contributed by atoms with E-state index in [9.17, 15) is 4.79 Å². The molecular formula is C12H15IN2O3. The molecule has 0 saturated carbocycles. The molecule has 5 nitrogen and oxygen atoms in total. The lowest BCUT2D eigenvalue weighted by Gasteiger charge is -2.37. The van der Waals surface area contributed by atoms with Crippen LogP contribution in [0.3, 0.4) is 0 Å². The van der Waals surface area contributed by atoms with Gasteiger partial charge in [0.05, 0.1) is 24.4 Å². The molecule has 98 valence electrons. The lowest BCUT2D eigenvalue weighted by Crippen LogP contribution is -2.43. The largest absolute Gasteiger partial charge is 0.378 e. The molecule has 1 aromatic heterocycles. The maximum Gasteiger partial charge on any atom is 0.268 e. The molecule has 0 N–H and O–H groups in total. The van der Waals surface area contributed by atoms with E-state index in [1.165, 1.54) is 0 Å². The van der Waals surface area contributed by atoms with Crippen molar-refractivity contribution in [1.82, 2.24) is 9.78 Å². The molecule has 0 aromatic carbocycles. The Morgan fingerprint density at radius 2 is 2.39 bits per heavy atom. The highest BCUT2D eigenvalue weighted by Gasteiger charge is 2.41. The molecule has 0 aliphatic carbocycles. The second-order valence-electron chi connectivity index (χ2n) is 4.94. The number of ether oxygens (including phenoxy) is 2. The van der Waals surface area contributed by atoms with Gasteiger partial charge in [0.15, 0.2) is 0 Å². The van der Waals surface area contributed by atoms with Crippen LogP contribution in [-0.2, 0) is 9.47 Å². The van der Waals surface area contributed by atoms with Gasteiger partial charge < -0.3 is 9.47 Å². The van der Waals surface area contributed by atoms with Crippen LogP contribution >= 0.6 is 22.6 Å². The Labute approximate surface area is 119 Å². The van der Waals surface area contributed by atoms with Crippen molar-refractivity contribution in [2.24, 2.45) is 0 Å². The van der Waals surface area contributed by atoms with E-state index in [4.69, 9.17) is 9.47 Å². The van der Waals surface area contributed by atoms with Gasteiger partial charge in [-0.15, -0.1) is 0 Å². The van der Waals surface area contributed by atoms with Crippen LogP contribution in [-0.4, -0.2) is 35.2 Å². The van der Waals surface area contributed by atoms with Gasteiger partial charge in [0.25, 0.3) is 5.56 Å². The molecule has 3 heterocycles. The Kier molecular flexibility index (Phi) is 3.42. The first-order chi connectivity index (χ1) is 8.69. The summed E-state index contributed by atoms with van der Waals surface area (Å²) in [4.78, 5) is 12.0. The molecule has 2 unspecified atom stereocenters. The van der Waals surface area contributed by atoms with Crippen molar-refractivity contribution in [2.45, 2.75) is 30.9 Å². The lowest BCUT2D eigenvalue weighted by atomic mass is 9.90. The first-order valence-corrected chi connectivity index (χ1v) is 7.23. The Hall–Kier alpha value is -0.470. The smallest absolute Gasteiger partial charge is 0.268 e. The third-order valence-corrected chi connectivity index (χ3v) is 4.26. The second-order valence-corrected chi connectivity index (χ2v) is 6.18. The summed E-state index contributed by atoms with van der Waals surface area (Å²) in [6, 6.07) is 1.76. The van der Waals surface area contributed by atoms with Crippen molar-refractivity contribution in [2.75, 3.05) is 19.8 Å². The molecule has 1 spiro atoms. The van der Waals surface area contributed by atoms with E-state index in [1.54, 1.807) is 16.9 Å². The van der Waals surface area contributed by atoms with E-state index < -0.39 is 0 Å². The number of hydrogen-bond acceptors (Lipinski definition) is 4. The van der Waals surface area contributed by atoms with Crippen LogP contribution in [0.25, 0.3) is 0 Å². The van der Waals surface area contributed by atoms with Crippen LogP contribution in [0.1, 0.15) is 25.3 Å². The molecule has 0 radical (unpaired) electrons. The quantitative estimate of drug-likeness (QED) is 0.708. The predicted octanol–water partition coefficient (Wildman–Crippen LogP) is 1.36. The number of halogens is 1. The third-order valence-electron chi connectivity index (χ3n) is 3.67. The highest BCUT2D eigenvalue weighted by molar-refractivity contribution is 14.1. The van der Waals surface area contributed by atoms with Crippen molar-refractivity contribution < 1.29 is 9.47 Å². The average molecular weight is 362 g/mol. The fraction of sp³-hybridized carbons (Fsp3) is 0.667. The number of aromatic nitrogens is 2. The maximum absolute atomic E-state index is 12.0. The Bertz CT molecular complexity index is 496. The van der Waals surface area contributed by atoms with E-state index in [1.807, 2.05) is 0 Å². The van der Waals surface area contributed by atoms with E-state index in [2.05, 4.69) is 27.7 Å². The molecule has 2 aliphatic rings. The topological polar surface area (TPSA) is 53.4 Å². The van der Waals surface area contributed by atoms with Gasteiger partial charge in [-0.3, -0.25) is 4.79 Å². The van der Waals surface area contributed by atoms with Crippen LogP contribution < -0.4 is 5.56 Å². The van der Waals surface area contributed by atoms with Gasteiger partial charge in [0.2, 0.25) is 0 Å². The zero-order valence-corrected chi connectivity index (χ0v) is 12.1. The summed E-state index contributed by atoms with van der Waals surface area (Å²) >= 11 is 2.10. The molecule has 1 aromatic rings. The van der Waals surface area contributed by atoms with E-state index in [-0.39, 0.29) is 17.2 Å². The molecule has 0 bridgehead atoms. The molecule has 18 heavy (non-hydrogen) atoms. The highest BCUT2D eigenvalue weighted by atomic mass is 127. The number of rotatable bonds is 1. The van der Waals surface area contributed by atoms with Gasteiger partial charge >= 0.3 is 0 Å². The van der Waals surface area contributed by atoms with Crippen molar-refractivity contribution in [3.8, 4) is 0 Å². The Morgan fingerprint density at radius 3 is 3.11 bits per heavy atom. The Morgan fingerprint density at radius 1 is 1.50 bits per heavy atom. The highest BCUT2D eigenvalue weighted by Crippen LogP contribution is 2.37. The molecule has 6 heteroatoms. The zero-order valence-electron chi connectivity index (χ0n) is 9.97. The molecule has 2 fully saturated rings. The second kappa shape index (κ2) is 4.90. The predicted molar refractivity (Wildman–Crippen MR) is 73.6 cm³/mol. The standard InChI is InChI=1S/C12H15IN2O3/c13-9-5-11(16)15(14-7-9)10-1-3-18-12(6-10)2-4-17-8-12/h5,7,10H,1-4,6,8H2. The summed E-state index contributed by atoms with van der Waals surface area (Å²) in [6.45, 7) is 2.07. The van der Waals surface area contributed by atoms with Crippen molar-refractivity contribution in [1.29, 1.82) is 0 Å². The third kappa shape index (κ3) is 2.33. The van der Waals surface area contributed by atoms with Crippen molar-refractivity contribution in [3.05, 3.63) is 26.2 Å². The first-order valence-electron chi connectivity index (χ1n) is 6.15. The molecule has 2 saturated heterocycles. The number of hydrogen-bond donors (Lipinski definition) is 0. The van der Waals surface area contributed by atoms with E-state index >= 15 is 0 Å². The van der Waals surface area contributed by atoms with Gasteiger partial charge in [0, 0.05) is 35.7 Å². The molecule has 2 atom stereocenters. The minimum Gasteiger partial charge on any atom is -0.378 e. The summed E-state index contributed by atoms with van der Waals surface area (Å²) in [5.74, 6) is 0. The summed E-state index contributed by atoms with van der Waals surface area (Å²) < 4.78 is 13.8. The molecule has 2 aliphatic heterocycles. The van der Waals surface area contributed by atoms with Crippen molar-refractivity contribution >= 4 is 22.6 Å².